The second-order valence-corrected chi connectivity index (χ2v) is 7.50. The lowest BCUT2D eigenvalue weighted by Crippen LogP contribution is -2.44. The Bertz CT molecular complexity index is 1070. The fraction of sp³-hybridized carbons (Fsp3) is 0.550. The number of hydrogen-bond donors (Lipinski definition) is 2. The molecule has 0 unspecified atom stereocenters. The molecule has 1 aliphatic heterocycles. The van der Waals surface area contributed by atoms with Gasteiger partial charge in [-0.05, 0) is 13.0 Å². The number of ether oxygens (including phenoxy) is 2. The number of halogens is 3. The molecule has 0 amide bonds. The highest BCUT2D eigenvalue weighted by Crippen LogP contribution is 2.29. The van der Waals surface area contributed by atoms with Crippen LogP contribution in [0.3, 0.4) is 0 Å². The molecule has 14 heteroatoms. The molecule has 3 aromatic rings. The van der Waals surface area contributed by atoms with Crippen LogP contribution in [0.1, 0.15) is 12.6 Å². The summed E-state index contributed by atoms with van der Waals surface area (Å²) in [7, 11) is 0. The van der Waals surface area contributed by atoms with Gasteiger partial charge in [0.2, 0.25) is 5.95 Å². The van der Waals surface area contributed by atoms with Crippen molar-refractivity contribution in [1.29, 1.82) is 0 Å². The van der Waals surface area contributed by atoms with Gasteiger partial charge >= 0.3 is 6.18 Å². The number of piperazine rings is 1. The van der Waals surface area contributed by atoms with Gasteiger partial charge in [0.05, 0.1) is 19.8 Å². The van der Waals surface area contributed by atoms with Crippen LogP contribution >= 0.6 is 0 Å². The van der Waals surface area contributed by atoms with Gasteiger partial charge in [-0.3, -0.25) is 4.68 Å². The Morgan fingerprint density at radius 3 is 2.71 bits per heavy atom. The van der Waals surface area contributed by atoms with Crippen LogP contribution in [-0.2, 0) is 22.6 Å². The molecule has 1 fully saturated rings. The second kappa shape index (κ2) is 10.9. The van der Waals surface area contributed by atoms with E-state index < -0.39 is 12.8 Å². The number of nitrogens with zero attached hydrogens (tertiary/aromatic N) is 7. The van der Waals surface area contributed by atoms with Crippen LogP contribution in [0.2, 0.25) is 0 Å². The molecule has 11 nitrogen and oxygen atoms in total. The number of alkyl halides is 3. The van der Waals surface area contributed by atoms with E-state index in [1.165, 1.54) is 6.33 Å². The molecule has 1 aliphatic rings. The summed E-state index contributed by atoms with van der Waals surface area (Å²) in [4.78, 5) is 19.7. The van der Waals surface area contributed by atoms with E-state index in [1.807, 2.05) is 6.92 Å². The first-order valence-corrected chi connectivity index (χ1v) is 10.9. The van der Waals surface area contributed by atoms with Gasteiger partial charge in [-0.15, -0.1) is 0 Å². The van der Waals surface area contributed by atoms with Crippen molar-refractivity contribution >= 4 is 28.6 Å². The van der Waals surface area contributed by atoms with Crippen molar-refractivity contribution in [1.82, 2.24) is 35.0 Å². The zero-order chi connectivity index (χ0) is 24.0. The Hall–Kier alpha value is -3.10. The van der Waals surface area contributed by atoms with E-state index in [0.717, 1.165) is 26.2 Å². The van der Waals surface area contributed by atoms with Crippen LogP contribution in [0.5, 0.6) is 0 Å². The van der Waals surface area contributed by atoms with Gasteiger partial charge in [-0.2, -0.15) is 23.3 Å². The molecule has 3 aromatic heterocycles. The fourth-order valence-electron chi connectivity index (χ4n) is 3.51. The van der Waals surface area contributed by atoms with Gasteiger partial charge in [-0.25, -0.2) is 15.0 Å². The van der Waals surface area contributed by atoms with E-state index in [2.05, 4.69) is 30.6 Å². The molecule has 0 atom stereocenters. The van der Waals surface area contributed by atoms with Crippen LogP contribution in [0.15, 0.2) is 18.6 Å². The minimum Gasteiger partial charge on any atom is -0.375 e. The van der Waals surface area contributed by atoms with Crippen molar-refractivity contribution in [2.75, 3.05) is 56.2 Å². The number of rotatable bonds is 10. The Balaban J connectivity index is 1.73. The first-order valence-electron chi connectivity index (χ1n) is 10.9. The maximum atomic E-state index is 12.5. The van der Waals surface area contributed by atoms with Gasteiger partial charge in [0.1, 0.15) is 35.5 Å². The molecule has 0 spiro atoms. The molecule has 2 N–H and O–H groups in total. The van der Waals surface area contributed by atoms with E-state index in [9.17, 15) is 13.2 Å². The molecular weight excluding hydrogens is 455 g/mol. The first-order chi connectivity index (χ1) is 16.4. The normalized spacial score (nSPS) is 14.6. The van der Waals surface area contributed by atoms with Crippen molar-refractivity contribution in [3.05, 3.63) is 24.3 Å². The highest BCUT2D eigenvalue weighted by molar-refractivity contribution is 5.90. The molecule has 0 radical (unpaired) electrons. The highest BCUT2D eigenvalue weighted by Gasteiger charge is 2.27. The van der Waals surface area contributed by atoms with E-state index in [0.29, 0.717) is 40.9 Å². The lowest BCUT2D eigenvalue weighted by molar-refractivity contribution is -0.174. The lowest BCUT2D eigenvalue weighted by Gasteiger charge is -2.27. The van der Waals surface area contributed by atoms with Crippen LogP contribution < -0.4 is 15.5 Å². The van der Waals surface area contributed by atoms with Crippen molar-refractivity contribution < 1.29 is 22.6 Å². The average Bonchev–Trinajstić information content (AvgIpc) is 3.19. The molecule has 0 bridgehead atoms. The molecule has 4 heterocycles. The third-order valence-electron chi connectivity index (χ3n) is 5.03. The first kappa shape index (κ1) is 24.0. The monoisotopic (exact) mass is 481 g/mol. The molecule has 4 rings (SSSR count). The van der Waals surface area contributed by atoms with E-state index in [4.69, 9.17) is 19.4 Å². The van der Waals surface area contributed by atoms with Gasteiger partial charge in [0.25, 0.3) is 0 Å². The molecule has 184 valence electrons. The van der Waals surface area contributed by atoms with Crippen LogP contribution in [0.4, 0.5) is 30.8 Å². The summed E-state index contributed by atoms with van der Waals surface area (Å²) in [5.74, 6) is 1.47. The van der Waals surface area contributed by atoms with Gasteiger partial charge in [0.15, 0.2) is 5.82 Å². The van der Waals surface area contributed by atoms with Gasteiger partial charge in [-0.1, -0.05) is 0 Å². The summed E-state index contributed by atoms with van der Waals surface area (Å²) >= 11 is 0. The molecular formula is C20H26F3N9O2. The Morgan fingerprint density at radius 2 is 2.00 bits per heavy atom. The summed E-state index contributed by atoms with van der Waals surface area (Å²) in [5, 5.41) is 11.1. The van der Waals surface area contributed by atoms with Crippen molar-refractivity contribution in [3.63, 3.8) is 0 Å². The van der Waals surface area contributed by atoms with Crippen LogP contribution in [0, 0.1) is 0 Å². The highest BCUT2D eigenvalue weighted by atomic mass is 19.4. The number of hydrogen-bond acceptors (Lipinski definition) is 10. The van der Waals surface area contributed by atoms with Gasteiger partial charge in [0, 0.05) is 39.0 Å². The minimum absolute atomic E-state index is 0.0769. The third kappa shape index (κ3) is 6.07. The van der Waals surface area contributed by atoms with Crippen molar-refractivity contribution in [2.45, 2.75) is 26.3 Å². The van der Waals surface area contributed by atoms with Crippen LogP contribution in [-0.4, -0.2) is 81.9 Å². The topological polar surface area (TPSA) is 115 Å². The number of nitrogens with one attached hydrogen (secondary N) is 2. The van der Waals surface area contributed by atoms with Crippen molar-refractivity contribution in [2.24, 2.45) is 0 Å². The fourth-order valence-corrected chi connectivity index (χ4v) is 3.51. The summed E-state index contributed by atoms with van der Waals surface area (Å²) in [6.07, 6.45) is -1.40. The smallest absolute Gasteiger partial charge is 0.375 e. The summed E-state index contributed by atoms with van der Waals surface area (Å²) in [6, 6.07) is 1.69. The largest absolute Gasteiger partial charge is 0.411 e. The Kier molecular flexibility index (Phi) is 7.70. The summed E-state index contributed by atoms with van der Waals surface area (Å²) < 4.78 is 49.4. The standard InChI is InChI=1S/C20H26F3N9O2/c1-2-33-11-14-16-17(32(30-14)9-10-34-12-20(21,22)23)18(27-15-3-4-25-13-26-15)29-19(28-16)31-7-5-24-6-8-31/h3-4,13,24H,2,5-12H2,1H3,(H,25,26,27,28,29). The molecule has 0 aliphatic carbocycles. The SMILES string of the molecule is CCOCc1nn(CCOCC(F)(F)F)c2c(Nc3ccncn3)nc(N3CCNCC3)nc12. The summed E-state index contributed by atoms with van der Waals surface area (Å²) in [5.41, 5.74) is 1.66. The van der Waals surface area contributed by atoms with E-state index >= 15 is 0 Å². The molecule has 0 saturated carbocycles. The van der Waals surface area contributed by atoms with E-state index in [1.54, 1.807) is 16.9 Å². The molecule has 1 saturated heterocycles. The van der Waals surface area contributed by atoms with E-state index in [-0.39, 0.29) is 19.8 Å². The molecule has 0 aromatic carbocycles. The lowest BCUT2D eigenvalue weighted by atomic mass is 10.3. The Morgan fingerprint density at radius 1 is 1.18 bits per heavy atom. The summed E-state index contributed by atoms with van der Waals surface area (Å²) in [6.45, 7) is 4.19. The molecule has 34 heavy (non-hydrogen) atoms. The maximum absolute atomic E-state index is 12.5. The maximum Gasteiger partial charge on any atom is 0.411 e. The van der Waals surface area contributed by atoms with Crippen LogP contribution in [0.25, 0.3) is 11.0 Å². The zero-order valence-electron chi connectivity index (χ0n) is 18.7. The zero-order valence-corrected chi connectivity index (χ0v) is 18.7. The minimum atomic E-state index is -4.40. The number of fused-ring (bicyclic) bond motifs is 1. The van der Waals surface area contributed by atoms with Crippen molar-refractivity contribution in [3.8, 4) is 0 Å². The Labute approximate surface area is 193 Å². The average molecular weight is 481 g/mol. The second-order valence-electron chi connectivity index (χ2n) is 7.50. The number of aromatic nitrogens is 6. The quantitative estimate of drug-likeness (QED) is 0.416. The third-order valence-corrected chi connectivity index (χ3v) is 5.03. The predicted octanol–water partition coefficient (Wildman–Crippen LogP) is 1.88. The number of anilines is 3. The van der Waals surface area contributed by atoms with Gasteiger partial charge < -0.3 is 25.0 Å². The predicted molar refractivity (Wildman–Crippen MR) is 118 cm³/mol.